The SMILES string of the molecule is C.CCCCCCCCOc1ccc(CC2CCC(C(=O)O)CC2)cc1CC. The monoisotopic (exact) mass is 390 g/mol. The molecular formula is C25H42O3. The summed E-state index contributed by atoms with van der Waals surface area (Å²) in [5.41, 5.74) is 2.68. The van der Waals surface area contributed by atoms with Gasteiger partial charge in [-0.1, -0.05) is 65.5 Å². The third kappa shape index (κ3) is 8.24. The largest absolute Gasteiger partial charge is 0.493 e. The summed E-state index contributed by atoms with van der Waals surface area (Å²) < 4.78 is 6.05. The van der Waals surface area contributed by atoms with Gasteiger partial charge in [-0.2, -0.15) is 0 Å². The molecule has 0 radical (unpaired) electrons. The Labute approximate surface area is 172 Å². The maximum absolute atomic E-state index is 11.1. The fourth-order valence-corrected chi connectivity index (χ4v) is 4.19. The number of aliphatic carboxylic acids is 1. The highest BCUT2D eigenvalue weighted by molar-refractivity contribution is 5.70. The molecule has 1 aliphatic rings. The van der Waals surface area contributed by atoms with E-state index in [9.17, 15) is 4.79 Å². The van der Waals surface area contributed by atoms with Crippen LogP contribution in [0.2, 0.25) is 0 Å². The minimum absolute atomic E-state index is 0. The molecule has 0 atom stereocenters. The van der Waals surface area contributed by atoms with E-state index < -0.39 is 5.97 Å². The molecule has 0 saturated heterocycles. The summed E-state index contributed by atoms with van der Waals surface area (Å²) in [4.78, 5) is 11.1. The maximum Gasteiger partial charge on any atom is 0.306 e. The van der Waals surface area contributed by atoms with Gasteiger partial charge in [0.1, 0.15) is 5.75 Å². The highest BCUT2D eigenvalue weighted by atomic mass is 16.5. The minimum atomic E-state index is -0.617. The van der Waals surface area contributed by atoms with E-state index in [1.807, 2.05) is 0 Å². The Morgan fingerprint density at radius 1 is 1.04 bits per heavy atom. The van der Waals surface area contributed by atoms with Crippen LogP contribution in [0.25, 0.3) is 0 Å². The third-order valence-electron chi connectivity index (χ3n) is 5.98. The maximum atomic E-state index is 11.1. The first kappa shape index (κ1) is 24.5. The van der Waals surface area contributed by atoms with E-state index >= 15 is 0 Å². The van der Waals surface area contributed by atoms with Gasteiger partial charge in [0.15, 0.2) is 0 Å². The van der Waals surface area contributed by atoms with Crippen LogP contribution in [-0.4, -0.2) is 17.7 Å². The summed E-state index contributed by atoms with van der Waals surface area (Å²) in [6.45, 7) is 5.26. The van der Waals surface area contributed by atoms with Crippen LogP contribution in [0.3, 0.4) is 0 Å². The predicted molar refractivity (Wildman–Crippen MR) is 118 cm³/mol. The fourth-order valence-electron chi connectivity index (χ4n) is 4.19. The zero-order chi connectivity index (χ0) is 19.5. The Hall–Kier alpha value is -1.51. The van der Waals surface area contributed by atoms with Gasteiger partial charge < -0.3 is 9.84 Å². The number of unbranched alkanes of at least 4 members (excludes halogenated alkanes) is 5. The molecule has 1 N–H and O–H groups in total. The van der Waals surface area contributed by atoms with Crippen molar-refractivity contribution in [2.75, 3.05) is 6.61 Å². The van der Waals surface area contributed by atoms with Crippen LogP contribution in [0.1, 0.15) is 96.6 Å². The van der Waals surface area contributed by atoms with Gasteiger partial charge >= 0.3 is 5.97 Å². The number of rotatable bonds is 12. The molecule has 0 heterocycles. The van der Waals surface area contributed by atoms with E-state index in [-0.39, 0.29) is 13.3 Å². The molecule has 1 aromatic rings. The lowest BCUT2D eigenvalue weighted by Gasteiger charge is -2.26. The molecule has 3 nitrogen and oxygen atoms in total. The molecule has 1 fully saturated rings. The topological polar surface area (TPSA) is 46.5 Å². The molecule has 0 unspecified atom stereocenters. The van der Waals surface area contributed by atoms with Crippen LogP contribution in [-0.2, 0) is 17.6 Å². The number of hydrogen-bond donors (Lipinski definition) is 1. The molecule has 0 bridgehead atoms. The summed E-state index contributed by atoms with van der Waals surface area (Å²) in [5, 5.41) is 9.14. The second-order valence-corrected chi connectivity index (χ2v) is 8.17. The Morgan fingerprint density at radius 2 is 1.71 bits per heavy atom. The van der Waals surface area contributed by atoms with Gasteiger partial charge in [-0.25, -0.2) is 0 Å². The van der Waals surface area contributed by atoms with Gasteiger partial charge in [0.25, 0.3) is 0 Å². The van der Waals surface area contributed by atoms with E-state index in [4.69, 9.17) is 9.84 Å². The van der Waals surface area contributed by atoms with Crippen LogP contribution in [0.5, 0.6) is 5.75 Å². The van der Waals surface area contributed by atoms with Crippen LogP contribution in [0, 0.1) is 11.8 Å². The minimum Gasteiger partial charge on any atom is -0.493 e. The third-order valence-corrected chi connectivity index (χ3v) is 5.98. The molecule has 0 aliphatic heterocycles. The number of carboxylic acid groups (broad SMARTS) is 1. The average Bonchev–Trinajstić information content (AvgIpc) is 2.68. The van der Waals surface area contributed by atoms with Gasteiger partial charge in [-0.3, -0.25) is 4.79 Å². The molecule has 1 aromatic carbocycles. The van der Waals surface area contributed by atoms with Crippen molar-refractivity contribution >= 4 is 5.97 Å². The van der Waals surface area contributed by atoms with Crippen LogP contribution >= 0.6 is 0 Å². The van der Waals surface area contributed by atoms with Crippen molar-refractivity contribution in [2.24, 2.45) is 11.8 Å². The summed E-state index contributed by atoms with van der Waals surface area (Å²) in [7, 11) is 0. The van der Waals surface area contributed by atoms with Gasteiger partial charge in [0, 0.05) is 0 Å². The Kier molecular flexibility index (Phi) is 11.9. The second-order valence-electron chi connectivity index (χ2n) is 8.17. The highest BCUT2D eigenvalue weighted by Gasteiger charge is 2.26. The first-order valence-electron chi connectivity index (χ1n) is 11.1. The lowest BCUT2D eigenvalue weighted by Crippen LogP contribution is -2.22. The van der Waals surface area contributed by atoms with Crippen molar-refractivity contribution in [2.45, 2.75) is 98.3 Å². The molecule has 3 heteroatoms. The van der Waals surface area contributed by atoms with E-state index in [0.717, 1.165) is 57.3 Å². The molecule has 1 saturated carbocycles. The highest BCUT2D eigenvalue weighted by Crippen LogP contribution is 2.32. The summed E-state index contributed by atoms with van der Waals surface area (Å²) >= 11 is 0. The molecule has 2 rings (SSSR count). The quantitative estimate of drug-likeness (QED) is 0.389. The Balaban J connectivity index is 0.00000392. The van der Waals surface area contributed by atoms with Crippen molar-refractivity contribution in [3.63, 3.8) is 0 Å². The molecule has 160 valence electrons. The number of aryl methyl sites for hydroxylation is 1. The molecule has 0 amide bonds. The zero-order valence-electron chi connectivity index (χ0n) is 17.3. The Morgan fingerprint density at radius 3 is 2.36 bits per heavy atom. The van der Waals surface area contributed by atoms with Gasteiger partial charge in [0.05, 0.1) is 12.5 Å². The number of carbonyl (C=O) groups is 1. The van der Waals surface area contributed by atoms with E-state index in [2.05, 4.69) is 32.0 Å². The van der Waals surface area contributed by atoms with Gasteiger partial charge in [-0.15, -0.1) is 0 Å². The number of hydrogen-bond acceptors (Lipinski definition) is 2. The molecule has 0 spiro atoms. The van der Waals surface area contributed by atoms with Crippen molar-refractivity contribution in [3.05, 3.63) is 29.3 Å². The summed E-state index contributed by atoms with van der Waals surface area (Å²) in [6, 6.07) is 6.66. The van der Waals surface area contributed by atoms with E-state index in [0.29, 0.717) is 5.92 Å². The van der Waals surface area contributed by atoms with Crippen LogP contribution in [0.4, 0.5) is 0 Å². The normalized spacial score (nSPS) is 19.1. The summed E-state index contributed by atoms with van der Waals surface area (Å²) in [5.74, 6) is 0.934. The molecular weight excluding hydrogens is 348 g/mol. The van der Waals surface area contributed by atoms with Crippen molar-refractivity contribution in [3.8, 4) is 5.75 Å². The van der Waals surface area contributed by atoms with E-state index in [1.54, 1.807) is 0 Å². The predicted octanol–water partition coefficient (Wildman–Crippen LogP) is 7.06. The van der Waals surface area contributed by atoms with Gasteiger partial charge in [-0.05, 0) is 68.1 Å². The van der Waals surface area contributed by atoms with Crippen LogP contribution < -0.4 is 4.74 Å². The number of benzene rings is 1. The van der Waals surface area contributed by atoms with E-state index in [1.165, 1.54) is 43.2 Å². The lowest BCUT2D eigenvalue weighted by molar-refractivity contribution is -0.143. The van der Waals surface area contributed by atoms with Crippen molar-refractivity contribution < 1.29 is 14.6 Å². The first-order chi connectivity index (χ1) is 13.1. The Bertz CT molecular complexity index is 559. The average molecular weight is 391 g/mol. The second kappa shape index (κ2) is 13.6. The standard InChI is InChI=1S/C24H38O3.CH4/c1-3-5-6-7-8-9-16-27-23-15-12-20(18-21(23)4-2)17-19-10-13-22(14-11-19)24(25)26;/h12,15,18-19,22H,3-11,13-14,16-17H2,1-2H3,(H,25,26);1H4. The zero-order valence-corrected chi connectivity index (χ0v) is 17.3. The molecule has 0 aromatic heterocycles. The molecule has 1 aliphatic carbocycles. The van der Waals surface area contributed by atoms with Crippen molar-refractivity contribution in [1.82, 2.24) is 0 Å². The first-order valence-corrected chi connectivity index (χ1v) is 11.1. The van der Waals surface area contributed by atoms with Crippen molar-refractivity contribution in [1.29, 1.82) is 0 Å². The fraction of sp³-hybridized carbons (Fsp3) is 0.720. The number of carboxylic acids is 1. The summed E-state index contributed by atoms with van der Waals surface area (Å²) in [6.07, 6.45) is 13.5. The van der Waals surface area contributed by atoms with Crippen LogP contribution in [0.15, 0.2) is 18.2 Å². The van der Waals surface area contributed by atoms with Gasteiger partial charge in [0.2, 0.25) is 0 Å². The molecule has 28 heavy (non-hydrogen) atoms. The lowest BCUT2D eigenvalue weighted by atomic mass is 9.79. The number of ether oxygens (including phenoxy) is 1. The smallest absolute Gasteiger partial charge is 0.306 e.